The van der Waals surface area contributed by atoms with Crippen molar-refractivity contribution < 1.29 is 9.18 Å². The van der Waals surface area contributed by atoms with E-state index in [2.05, 4.69) is 15.5 Å². The molecule has 3 aliphatic carbocycles. The highest BCUT2D eigenvalue weighted by molar-refractivity contribution is 5.75. The van der Waals surface area contributed by atoms with E-state index < -0.39 is 0 Å². The van der Waals surface area contributed by atoms with E-state index in [9.17, 15) is 9.18 Å². The number of urea groups is 1. The van der Waals surface area contributed by atoms with Gasteiger partial charge in [-0.1, -0.05) is 6.07 Å². The number of halogens is 1. The molecule has 3 fully saturated rings. The molecule has 2 saturated carbocycles. The Kier molecular flexibility index (Phi) is 2.96. The lowest BCUT2D eigenvalue weighted by Gasteiger charge is -2.41. The van der Waals surface area contributed by atoms with Crippen molar-refractivity contribution in [1.29, 1.82) is 0 Å². The van der Waals surface area contributed by atoms with E-state index >= 15 is 0 Å². The number of hydrogen-bond acceptors (Lipinski definition) is 2. The van der Waals surface area contributed by atoms with Gasteiger partial charge in [-0.2, -0.15) is 0 Å². The van der Waals surface area contributed by atoms with E-state index in [-0.39, 0.29) is 17.9 Å². The van der Waals surface area contributed by atoms with Crippen LogP contribution < -0.4 is 10.6 Å². The fourth-order valence-electron chi connectivity index (χ4n) is 4.56. The first-order valence-electron chi connectivity index (χ1n) is 8.79. The van der Waals surface area contributed by atoms with Gasteiger partial charge in [-0.15, -0.1) is 0 Å². The first kappa shape index (κ1) is 13.8. The first-order chi connectivity index (χ1) is 11.2. The van der Waals surface area contributed by atoms with Gasteiger partial charge in [0, 0.05) is 37.1 Å². The molecule has 5 heteroatoms. The summed E-state index contributed by atoms with van der Waals surface area (Å²) in [5.74, 6) is 0.695. The van der Waals surface area contributed by atoms with Gasteiger partial charge in [0.1, 0.15) is 5.82 Å². The summed E-state index contributed by atoms with van der Waals surface area (Å²) < 4.78 is 13.2. The highest BCUT2D eigenvalue weighted by Gasteiger charge is 2.56. The number of nitrogens with one attached hydrogen (secondary N) is 2. The largest absolute Gasteiger partial charge is 0.337 e. The molecule has 1 saturated heterocycles. The summed E-state index contributed by atoms with van der Waals surface area (Å²) in [6, 6.07) is 6.57. The Hall–Kier alpha value is -1.62. The smallest absolute Gasteiger partial charge is 0.315 e. The zero-order chi connectivity index (χ0) is 15.6. The third-order valence-electron chi connectivity index (χ3n) is 6.09. The van der Waals surface area contributed by atoms with E-state index in [0.29, 0.717) is 17.9 Å². The second-order valence-electron chi connectivity index (χ2n) is 7.53. The van der Waals surface area contributed by atoms with Crippen molar-refractivity contribution >= 4 is 6.03 Å². The van der Waals surface area contributed by atoms with Crippen LogP contribution in [0, 0.1) is 11.7 Å². The highest BCUT2D eigenvalue weighted by atomic mass is 19.1. The van der Waals surface area contributed by atoms with Gasteiger partial charge < -0.3 is 10.6 Å². The summed E-state index contributed by atoms with van der Waals surface area (Å²) in [6.45, 7) is 1.95. The predicted octanol–water partition coefficient (Wildman–Crippen LogP) is 2.00. The molecule has 5 rings (SSSR count). The Morgan fingerprint density at radius 3 is 2.91 bits per heavy atom. The summed E-state index contributed by atoms with van der Waals surface area (Å²) in [5.41, 5.74) is 2.34. The van der Waals surface area contributed by atoms with Gasteiger partial charge in [-0.3, -0.25) is 4.90 Å². The number of hydrogen-bond donors (Lipinski definition) is 2. The maximum absolute atomic E-state index is 13.2. The van der Waals surface area contributed by atoms with Crippen molar-refractivity contribution in [3.63, 3.8) is 0 Å². The van der Waals surface area contributed by atoms with Gasteiger partial charge in [0.05, 0.1) is 0 Å². The molecule has 0 spiro atoms. The Balaban J connectivity index is 1.12. The second-order valence-corrected chi connectivity index (χ2v) is 7.53. The molecular formula is C18H22FN3O. The van der Waals surface area contributed by atoms with Crippen LogP contribution in [0.15, 0.2) is 18.2 Å². The second kappa shape index (κ2) is 4.94. The normalized spacial score (nSPS) is 34.3. The van der Waals surface area contributed by atoms with Crippen LogP contribution in [-0.4, -0.2) is 42.1 Å². The Morgan fingerprint density at radius 1 is 1.30 bits per heavy atom. The molecule has 1 heterocycles. The minimum absolute atomic E-state index is 0.0456. The van der Waals surface area contributed by atoms with Crippen LogP contribution in [0.4, 0.5) is 9.18 Å². The van der Waals surface area contributed by atoms with Gasteiger partial charge >= 0.3 is 6.03 Å². The van der Waals surface area contributed by atoms with Crippen molar-refractivity contribution in [1.82, 2.24) is 15.5 Å². The molecule has 4 unspecified atom stereocenters. The molecule has 4 nitrogen and oxygen atoms in total. The van der Waals surface area contributed by atoms with E-state index in [0.717, 1.165) is 24.6 Å². The molecule has 0 aromatic heterocycles. The van der Waals surface area contributed by atoms with Gasteiger partial charge in [0.15, 0.2) is 0 Å². The summed E-state index contributed by atoms with van der Waals surface area (Å²) in [4.78, 5) is 14.7. The molecule has 122 valence electrons. The van der Waals surface area contributed by atoms with E-state index in [4.69, 9.17) is 0 Å². The molecule has 1 aromatic rings. The summed E-state index contributed by atoms with van der Waals surface area (Å²) in [6.07, 6.45) is 4.74. The summed E-state index contributed by atoms with van der Waals surface area (Å²) in [5, 5.41) is 6.15. The number of fused-ring (bicyclic) bond motifs is 3. The molecule has 2 amide bonds. The minimum atomic E-state index is -0.159. The van der Waals surface area contributed by atoms with Crippen molar-refractivity contribution in [2.75, 3.05) is 13.1 Å². The number of nitrogens with zero attached hydrogens (tertiary/aromatic N) is 1. The lowest BCUT2D eigenvalue weighted by atomic mass is 10.0. The van der Waals surface area contributed by atoms with Crippen LogP contribution in [0.1, 0.15) is 36.3 Å². The highest BCUT2D eigenvalue weighted by Crippen LogP contribution is 2.56. The molecule has 23 heavy (non-hydrogen) atoms. The predicted molar refractivity (Wildman–Crippen MR) is 84.8 cm³/mol. The lowest BCUT2D eigenvalue weighted by Crippen LogP contribution is -2.55. The number of likely N-dealkylation sites (tertiary alicyclic amines) is 1. The number of rotatable bonds is 4. The number of carbonyl (C=O) groups excluding carboxylic acids is 1. The fraction of sp³-hybridized carbons (Fsp3) is 0.611. The van der Waals surface area contributed by atoms with Crippen LogP contribution in [0.2, 0.25) is 0 Å². The lowest BCUT2D eigenvalue weighted by molar-refractivity contribution is 0.0823. The first-order valence-corrected chi connectivity index (χ1v) is 8.79. The average Bonchev–Trinajstić information content (AvgIpc) is 3.38. The topological polar surface area (TPSA) is 44.4 Å². The fourth-order valence-corrected chi connectivity index (χ4v) is 4.56. The maximum atomic E-state index is 13.2. The van der Waals surface area contributed by atoms with Gasteiger partial charge in [-0.05, 0) is 54.9 Å². The average molecular weight is 315 g/mol. The molecule has 4 aliphatic rings. The van der Waals surface area contributed by atoms with Crippen molar-refractivity contribution in [3.05, 3.63) is 35.1 Å². The molecule has 2 N–H and O–H groups in total. The van der Waals surface area contributed by atoms with E-state index in [1.807, 2.05) is 6.07 Å². The zero-order valence-corrected chi connectivity index (χ0v) is 13.1. The van der Waals surface area contributed by atoms with Gasteiger partial charge in [0.2, 0.25) is 0 Å². The van der Waals surface area contributed by atoms with Crippen LogP contribution in [0.25, 0.3) is 0 Å². The molecule has 1 aliphatic heterocycles. The number of amides is 2. The van der Waals surface area contributed by atoms with Crippen molar-refractivity contribution in [2.24, 2.45) is 5.92 Å². The third kappa shape index (κ3) is 2.33. The van der Waals surface area contributed by atoms with E-state index in [1.54, 1.807) is 6.07 Å². The zero-order valence-electron chi connectivity index (χ0n) is 13.1. The van der Waals surface area contributed by atoms with Crippen LogP contribution in [0.3, 0.4) is 0 Å². The summed E-state index contributed by atoms with van der Waals surface area (Å²) in [7, 11) is 0. The molecule has 4 atom stereocenters. The number of carbonyl (C=O) groups is 1. The SMILES string of the molecule is O=C(NCC1CCN1C1CC1)NC1C2Cc3cc(F)ccc3C21. The van der Waals surface area contributed by atoms with Crippen molar-refractivity contribution in [3.8, 4) is 0 Å². The van der Waals surface area contributed by atoms with Crippen LogP contribution >= 0.6 is 0 Å². The van der Waals surface area contributed by atoms with Crippen molar-refractivity contribution in [2.45, 2.75) is 49.7 Å². The Bertz CT molecular complexity index is 660. The Morgan fingerprint density at radius 2 is 2.17 bits per heavy atom. The molecule has 0 bridgehead atoms. The molecule has 0 radical (unpaired) electrons. The standard InChI is InChI=1S/C18H22FN3O/c19-11-1-4-14-10(7-11)8-15-16(14)17(15)21-18(23)20-9-13-5-6-22(13)12-2-3-12/h1,4,7,12-13,15-17H,2-3,5-6,8-9H2,(H2,20,21,23). The van der Waals surface area contributed by atoms with Gasteiger partial charge in [-0.25, -0.2) is 9.18 Å². The maximum Gasteiger partial charge on any atom is 0.315 e. The monoisotopic (exact) mass is 315 g/mol. The number of benzene rings is 1. The van der Waals surface area contributed by atoms with Crippen LogP contribution in [0.5, 0.6) is 0 Å². The minimum Gasteiger partial charge on any atom is -0.337 e. The molecular weight excluding hydrogens is 293 g/mol. The quantitative estimate of drug-likeness (QED) is 0.892. The third-order valence-corrected chi connectivity index (χ3v) is 6.09. The van der Waals surface area contributed by atoms with E-state index in [1.165, 1.54) is 37.4 Å². The Labute approximate surface area is 135 Å². The van der Waals surface area contributed by atoms with Gasteiger partial charge in [0.25, 0.3) is 0 Å². The van der Waals surface area contributed by atoms with Crippen LogP contribution in [-0.2, 0) is 6.42 Å². The summed E-state index contributed by atoms with van der Waals surface area (Å²) >= 11 is 0. The molecule has 1 aromatic carbocycles.